The predicted molar refractivity (Wildman–Crippen MR) is 65.9 cm³/mol. The zero-order valence-corrected chi connectivity index (χ0v) is 10.4. The lowest BCUT2D eigenvalue weighted by Crippen LogP contribution is -2.35. The van der Waals surface area contributed by atoms with E-state index < -0.39 is 0 Å². The van der Waals surface area contributed by atoms with E-state index in [0.717, 1.165) is 11.3 Å². The summed E-state index contributed by atoms with van der Waals surface area (Å²) in [5.41, 5.74) is 0.773. The zero-order valence-electron chi connectivity index (χ0n) is 9.47. The van der Waals surface area contributed by atoms with Crippen LogP contribution in [0.1, 0.15) is 64.7 Å². The van der Waals surface area contributed by atoms with Crippen LogP contribution >= 0.6 is 12.6 Å². The van der Waals surface area contributed by atoms with E-state index in [4.69, 9.17) is 0 Å². The summed E-state index contributed by atoms with van der Waals surface area (Å²) in [7, 11) is 0. The van der Waals surface area contributed by atoms with E-state index in [1.807, 2.05) is 0 Å². The van der Waals surface area contributed by atoms with Crippen LogP contribution in [0.3, 0.4) is 0 Å². The quantitative estimate of drug-likeness (QED) is 0.643. The van der Waals surface area contributed by atoms with Gasteiger partial charge < -0.3 is 0 Å². The molecule has 1 heteroatoms. The van der Waals surface area contributed by atoms with E-state index in [-0.39, 0.29) is 0 Å². The number of hydrogen-bond acceptors (Lipinski definition) is 1. The molecule has 0 aromatic carbocycles. The van der Waals surface area contributed by atoms with Crippen molar-refractivity contribution < 1.29 is 0 Å². The summed E-state index contributed by atoms with van der Waals surface area (Å²) in [4.78, 5) is 0. The summed E-state index contributed by atoms with van der Waals surface area (Å²) in [6.45, 7) is 2.34. The van der Waals surface area contributed by atoms with Gasteiger partial charge in [-0.2, -0.15) is 12.6 Å². The van der Waals surface area contributed by atoms with Crippen LogP contribution in [-0.2, 0) is 0 Å². The lowest BCUT2D eigenvalue weighted by atomic mass is 9.63. The monoisotopic (exact) mass is 212 g/mol. The fourth-order valence-corrected chi connectivity index (χ4v) is 4.25. The topological polar surface area (TPSA) is 0 Å². The Balaban J connectivity index is 2.05. The molecule has 1 spiro atoms. The Morgan fingerprint density at radius 1 is 1.21 bits per heavy atom. The molecule has 2 rings (SSSR count). The Hall–Kier alpha value is 0.350. The van der Waals surface area contributed by atoms with Crippen LogP contribution in [0.4, 0.5) is 0 Å². The molecule has 0 heterocycles. The summed E-state index contributed by atoms with van der Waals surface area (Å²) < 4.78 is 0. The van der Waals surface area contributed by atoms with E-state index in [1.54, 1.807) is 0 Å². The second-order valence-corrected chi connectivity index (χ2v) is 6.21. The third-order valence-corrected chi connectivity index (χ3v) is 5.10. The van der Waals surface area contributed by atoms with Gasteiger partial charge in [0, 0.05) is 5.25 Å². The van der Waals surface area contributed by atoms with Crippen molar-refractivity contribution in [2.24, 2.45) is 11.3 Å². The first-order valence-corrected chi connectivity index (χ1v) is 6.96. The molecule has 82 valence electrons. The van der Waals surface area contributed by atoms with Crippen molar-refractivity contribution in [3.05, 3.63) is 0 Å². The second-order valence-electron chi connectivity index (χ2n) is 5.48. The SMILES string of the molecule is CCCC1CC(S)CCC12CCCC2. The normalized spacial score (nSPS) is 36.4. The van der Waals surface area contributed by atoms with Gasteiger partial charge in [-0.1, -0.05) is 32.6 Å². The molecule has 0 nitrogen and oxygen atoms in total. The highest BCUT2D eigenvalue weighted by molar-refractivity contribution is 7.80. The fraction of sp³-hybridized carbons (Fsp3) is 1.00. The second kappa shape index (κ2) is 4.47. The molecular weight excluding hydrogens is 188 g/mol. The van der Waals surface area contributed by atoms with Gasteiger partial charge in [-0.3, -0.25) is 0 Å². The first kappa shape index (κ1) is 10.9. The Bertz CT molecular complexity index is 182. The molecule has 2 unspecified atom stereocenters. The molecule has 2 saturated carbocycles. The number of rotatable bonds is 2. The van der Waals surface area contributed by atoms with Crippen molar-refractivity contribution in [3.8, 4) is 0 Å². The molecular formula is C13H24S. The van der Waals surface area contributed by atoms with Crippen LogP contribution in [0, 0.1) is 11.3 Å². The average Bonchev–Trinajstić information content (AvgIpc) is 2.62. The van der Waals surface area contributed by atoms with Gasteiger partial charge in [0.2, 0.25) is 0 Å². The van der Waals surface area contributed by atoms with Crippen molar-refractivity contribution >= 4 is 12.6 Å². The Labute approximate surface area is 94.3 Å². The average molecular weight is 212 g/mol. The largest absolute Gasteiger partial charge is 0.176 e. The third-order valence-electron chi connectivity index (χ3n) is 4.63. The maximum Gasteiger partial charge on any atom is 0.00198 e. The predicted octanol–water partition coefficient (Wildman–Crippen LogP) is 4.45. The molecule has 0 N–H and O–H groups in total. The van der Waals surface area contributed by atoms with Gasteiger partial charge >= 0.3 is 0 Å². The molecule has 2 fully saturated rings. The molecule has 0 radical (unpaired) electrons. The van der Waals surface area contributed by atoms with Gasteiger partial charge in [0.25, 0.3) is 0 Å². The molecule has 14 heavy (non-hydrogen) atoms. The van der Waals surface area contributed by atoms with Crippen LogP contribution in [0.15, 0.2) is 0 Å². The minimum atomic E-state index is 0.706. The first-order valence-electron chi connectivity index (χ1n) is 6.45. The van der Waals surface area contributed by atoms with Gasteiger partial charge in [-0.05, 0) is 43.4 Å². The maximum absolute atomic E-state index is 4.69. The summed E-state index contributed by atoms with van der Waals surface area (Å²) in [6, 6.07) is 0. The smallest absolute Gasteiger partial charge is 0.00198 e. The van der Waals surface area contributed by atoms with Crippen LogP contribution in [0.5, 0.6) is 0 Å². The van der Waals surface area contributed by atoms with E-state index in [2.05, 4.69) is 19.6 Å². The van der Waals surface area contributed by atoms with E-state index in [1.165, 1.54) is 57.8 Å². The Morgan fingerprint density at radius 2 is 1.93 bits per heavy atom. The molecule has 2 atom stereocenters. The molecule has 2 aliphatic carbocycles. The molecule has 0 amide bonds. The third kappa shape index (κ3) is 1.98. The lowest BCUT2D eigenvalue weighted by molar-refractivity contribution is 0.0965. The standard InChI is InChI=1S/C13H24S/c1-2-5-11-10-12(14)6-9-13(11)7-3-4-8-13/h11-12,14H,2-10H2,1H3. The van der Waals surface area contributed by atoms with Gasteiger partial charge in [0.1, 0.15) is 0 Å². The molecule has 0 aliphatic heterocycles. The van der Waals surface area contributed by atoms with Crippen molar-refractivity contribution in [2.75, 3.05) is 0 Å². The Kier molecular flexibility index (Phi) is 3.46. The van der Waals surface area contributed by atoms with E-state index in [0.29, 0.717) is 5.25 Å². The molecule has 0 saturated heterocycles. The summed E-state index contributed by atoms with van der Waals surface area (Å²) >= 11 is 4.69. The highest BCUT2D eigenvalue weighted by atomic mass is 32.1. The van der Waals surface area contributed by atoms with Gasteiger partial charge in [0.15, 0.2) is 0 Å². The molecule has 0 aromatic heterocycles. The van der Waals surface area contributed by atoms with Crippen molar-refractivity contribution in [1.82, 2.24) is 0 Å². The molecule has 2 aliphatic rings. The minimum absolute atomic E-state index is 0.706. The van der Waals surface area contributed by atoms with Crippen LogP contribution in [0.2, 0.25) is 0 Å². The van der Waals surface area contributed by atoms with E-state index in [9.17, 15) is 0 Å². The molecule has 0 bridgehead atoms. The van der Waals surface area contributed by atoms with E-state index >= 15 is 0 Å². The number of thiol groups is 1. The lowest BCUT2D eigenvalue weighted by Gasteiger charge is -2.44. The van der Waals surface area contributed by atoms with Gasteiger partial charge in [-0.25, -0.2) is 0 Å². The van der Waals surface area contributed by atoms with Crippen molar-refractivity contribution in [2.45, 2.75) is 70.0 Å². The summed E-state index contributed by atoms with van der Waals surface area (Å²) in [6.07, 6.45) is 13.1. The van der Waals surface area contributed by atoms with Gasteiger partial charge in [-0.15, -0.1) is 0 Å². The summed E-state index contributed by atoms with van der Waals surface area (Å²) in [5, 5.41) is 0.706. The van der Waals surface area contributed by atoms with Crippen LogP contribution < -0.4 is 0 Å². The highest BCUT2D eigenvalue weighted by Crippen LogP contribution is 2.54. The minimum Gasteiger partial charge on any atom is -0.176 e. The maximum atomic E-state index is 4.69. The highest BCUT2D eigenvalue weighted by Gasteiger charge is 2.43. The van der Waals surface area contributed by atoms with Crippen LogP contribution in [0.25, 0.3) is 0 Å². The van der Waals surface area contributed by atoms with Gasteiger partial charge in [0.05, 0.1) is 0 Å². The fourth-order valence-electron chi connectivity index (χ4n) is 3.86. The van der Waals surface area contributed by atoms with Crippen molar-refractivity contribution in [1.29, 1.82) is 0 Å². The molecule has 0 aromatic rings. The first-order chi connectivity index (χ1) is 6.77. The zero-order chi connectivity index (χ0) is 10.0. The van der Waals surface area contributed by atoms with Crippen LogP contribution in [-0.4, -0.2) is 5.25 Å². The Morgan fingerprint density at radius 3 is 2.57 bits per heavy atom. The van der Waals surface area contributed by atoms with Crippen molar-refractivity contribution in [3.63, 3.8) is 0 Å². The number of hydrogen-bond donors (Lipinski definition) is 1. The summed E-state index contributed by atoms with van der Waals surface area (Å²) in [5.74, 6) is 1.01.